The fraction of sp³-hybridized carbons (Fsp3) is 0.500. The first-order valence-corrected chi connectivity index (χ1v) is 9.16. The zero-order valence-electron chi connectivity index (χ0n) is 14.3. The molecule has 0 aromatic heterocycles. The van der Waals surface area contributed by atoms with Crippen LogP contribution in [0.1, 0.15) is 42.5 Å². The number of hydrogen-bond acceptors (Lipinski definition) is 3. The molecule has 2 aliphatic rings. The number of nitrogens with one attached hydrogen (secondary N) is 2. The number of carbonyl (C=O) groups excluding carboxylic acids is 2. The molecule has 0 radical (unpaired) electrons. The zero-order chi connectivity index (χ0) is 18.7. The highest BCUT2D eigenvalue weighted by Gasteiger charge is 2.43. The lowest BCUT2D eigenvalue weighted by atomic mass is 9.97. The first-order valence-electron chi connectivity index (χ1n) is 8.78. The Labute approximate surface area is 156 Å². The molecule has 3 atom stereocenters. The van der Waals surface area contributed by atoms with Crippen LogP contribution in [0, 0.1) is 0 Å². The molecular weight excluding hydrogens is 358 g/mol. The van der Waals surface area contributed by atoms with E-state index in [0.29, 0.717) is 23.4 Å². The molecule has 7 nitrogen and oxygen atoms in total. The summed E-state index contributed by atoms with van der Waals surface area (Å²) in [5.41, 5.74) is 0.454. The number of hydrogen-bond donors (Lipinski definition) is 3. The van der Waals surface area contributed by atoms with Crippen LogP contribution in [-0.2, 0) is 4.79 Å². The van der Waals surface area contributed by atoms with Crippen LogP contribution >= 0.6 is 11.6 Å². The second-order valence-electron chi connectivity index (χ2n) is 6.83. The van der Waals surface area contributed by atoms with Crippen LogP contribution in [0.25, 0.3) is 0 Å². The van der Waals surface area contributed by atoms with E-state index in [-0.39, 0.29) is 42.9 Å². The standard InChI is InChI=1S/C18H22ClN3O4/c19-12-3-1-2-11(8-12)17(24)20-7-6-16(23)21-13-9-14-4-5-15(10-13)22(14)18(25)26/h1-3,8,13-15H,4-7,9-10H2,(H,20,24)(H,21,23)(H,25,26)/t13-,14-,15+. The molecule has 1 aromatic carbocycles. The van der Waals surface area contributed by atoms with Crippen LogP contribution in [0.5, 0.6) is 0 Å². The molecule has 0 unspecified atom stereocenters. The number of piperidine rings is 1. The highest BCUT2D eigenvalue weighted by atomic mass is 35.5. The summed E-state index contributed by atoms with van der Waals surface area (Å²) < 4.78 is 0. The normalized spacial score (nSPS) is 24.2. The quantitative estimate of drug-likeness (QED) is 0.730. The minimum Gasteiger partial charge on any atom is -0.465 e. The minimum absolute atomic E-state index is 0.000712. The summed E-state index contributed by atoms with van der Waals surface area (Å²) in [4.78, 5) is 36.9. The lowest BCUT2D eigenvalue weighted by Gasteiger charge is -2.37. The molecule has 0 aliphatic carbocycles. The van der Waals surface area contributed by atoms with Crippen molar-refractivity contribution in [2.24, 2.45) is 0 Å². The first-order chi connectivity index (χ1) is 12.4. The largest absolute Gasteiger partial charge is 0.465 e. The van der Waals surface area contributed by atoms with Gasteiger partial charge in [-0.1, -0.05) is 17.7 Å². The van der Waals surface area contributed by atoms with Gasteiger partial charge in [-0.05, 0) is 43.9 Å². The average molecular weight is 380 g/mol. The maximum absolute atomic E-state index is 12.1. The Morgan fingerprint density at radius 3 is 2.50 bits per heavy atom. The lowest BCUT2D eigenvalue weighted by molar-refractivity contribution is -0.122. The van der Waals surface area contributed by atoms with Crippen LogP contribution in [0.15, 0.2) is 24.3 Å². The van der Waals surface area contributed by atoms with Crippen LogP contribution in [-0.4, -0.2) is 52.6 Å². The summed E-state index contributed by atoms with van der Waals surface area (Å²) in [5.74, 6) is -0.405. The molecule has 26 heavy (non-hydrogen) atoms. The fourth-order valence-electron chi connectivity index (χ4n) is 3.93. The van der Waals surface area contributed by atoms with Crippen molar-refractivity contribution in [3.05, 3.63) is 34.9 Å². The number of rotatable bonds is 5. The van der Waals surface area contributed by atoms with E-state index in [0.717, 1.165) is 12.8 Å². The lowest BCUT2D eigenvalue weighted by Crippen LogP contribution is -2.52. The van der Waals surface area contributed by atoms with Crippen molar-refractivity contribution in [1.82, 2.24) is 15.5 Å². The van der Waals surface area contributed by atoms with Crippen LogP contribution in [0.2, 0.25) is 5.02 Å². The molecule has 2 heterocycles. The minimum atomic E-state index is -0.869. The summed E-state index contributed by atoms with van der Waals surface area (Å²) in [6.07, 6.45) is 2.34. The highest BCUT2D eigenvalue weighted by molar-refractivity contribution is 6.30. The number of carbonyl (C=O) groups is 3. The van der Waals surface area contributed by atoms with E-state index in [1.54, 1.807) is 24.3 Å². The Kier molecular flexibility index (Phi) is 5.66. The molecule has 0 saturated carbocycles. The smallest absolute Gasteiger partial charge is 0.407 e. The Balaban J connectivity index is 1.41. The maximum Gasteiger partial charge on any atom is 0.407 e. The molecule has 2 aliphatic heterocycles. The topological polar surface area (TPSA) is 98.7 Å². The molecule has 3 rings (SSSR count). The van der Waals surface area contributed by atoms with Gasteiger partial charge in [0, 0.05) is 41.7 Å². The molecule has 2 fully saturated rings. The predicted molar refractivity (Wildman–Crippen MR) is 96.2 cm³/mol. The number of carboxylic acid groups (broad SMARTS) is 1. The van der Waals surface area contributed by atoms with Gasteiger partial charge in [-0.15, -0.1) is 0 Å². The Morgan fingerprint density at radius 2 is 1.88 bits per heavy atom. The third kappa shape index (κ3) is 4.27. The summed E-state index contributed by atoms with van der Waals surface area (Å²) in [6, 6.07) is 6.62. The number of amides is 3. The molecule has 8 heteroatoms. The summed E-state index contributed by atoms with van der Waals surface area (Å²) in [7, 11) is 0. The Hall–Kier alpha value is -2.28. The molecule has 3 N–H and O–H groups in total. The third-order valence-corrected chi connectivity index (χ3v) is 5.28. The van der Waals surface area contributed by atoms with Gasteiger partial charge in [0.05, 0.1) is 0 Å². The van der Waals surface area contributed by atoms with Gasteiger partial charge >= 0.3 is 6.09 Å². The molecular formula is C18H22ClN3O4. The molecule has 1 aromatic rings. The average Bonchev–Trinajstić information content (AvgIpc) is 2.86. The SMILES string of the molecule is O=C(CCNC(=O)c1cccc(Cl)c1)N[C@@H]1C[C@H]2CC[C@@H](C1)N2C(=O)O. The van der Waals surface area contributed by atoms with Crippen molar-refractivity contribution in [3.8, 4) is 0 Å². The van der Waals surface area contributed by atoms with Crippen LogP contribution < -0.4 is 10.6 Å². The third-order valence-electron chi connectivity index (χ3n) is 5.04. The second kappa shape index (κ2) is 7.95. The highest BCUT2D eigenvalue weighted by Crippen LogP contribution is 2.35. The van der Waals surface area contributed by atoms with E-state index >= 15 is 0 Å². The molecule has 0 spiro atoms. The number of nitrogens with zero attached hydrogens (tertiary/aromatic N) is 1. The number of fused-ring (bicyclic) bond motifs is 2. The van der Waals surface area contributed by atoms with E-state index in [2.05, 4.69) is 10.6 Å². The Morgan fingerprint density at radius 1 is 1.19 bits per heavy atom. The monoisotopic (exact) mass is 379 g/mol. The fourth-order valence-corrected chi connectivity index (χ4v) is 4.12. The molecule has 140 valence electrons. The summed E-state index contributed by atoms with van der Waals surface area (Å²) >= 11 is 5.86. The van der Waals surface area contributed by atoms with Gasteiger partial charge in [0.25, 0.3) is 5.91 Å². The van der Waals surface area contributed by atoms with Gasteiger partial charge in [0.15, 0.2) is 0 Å². The molecule has 2 saturated heterocycles. The first kappa shape index (κ1) is 18.5. The summed E-state index contributed by atoms with van der Waals surface area (Å²) in [6.45, 7) is 0.234. The van der Waals surface area contributed by atoms with Crippen LogP contribution in [0.3, 0.4) is 0 Å². The van der Waals surface area contributed by atoms with Crippen LogP contribution in [0.4, 0.5) is 4.79 Å². The maximum atomic E-state index is 12.1. The molecule has 2 bridgehead atoms. The second-order valence-corrected chi connectivity index (χ2v) is 7.26. The van der Waals surface area contributed by atoms with E-state index in [9.17, 15) is 19.5 Å². The van der Waals surface area contributed by atoms with Crippen molar-refractivity contribution < 1.29 is 19.5 Å². The van der Waals surface area contributed by atoms with E-state index < -0.39 is 6.09 Å². The summed E-state index contributed by atoms with van der Waals surface area (Å²) in [5, 5.41) is 15.4. The van der Waals surface area contributed by atoms with Gasteiger partial charge < -0.3 is 20.6 Å². The van der Waals surface area contributed by atoms with E-state index in [1.807, 2.05) is 0 Å². The van der Waals surface area contributed by atoms with Crippen molar-refractivity contribution in [1.29, 1.82) is 0 Å². The zero-order valence-corrected chi connectivity index (χ0v) is 15.0. The number of benzene rings is 1. The predicted octanol–water partition coefficient (Wildman–Crippen LogP) is 2.25. The van der Waals surface area contributed by atoms with Gasteiger partial charge in [-0.25, -0.2) is 4.79 Å². The van der Waals surface area contributed by atoms with Gasteiger partial charge in [-0.2, -0.15) is 0 Å². The van der Waals surface area contributed by atoms with Gasteiger partial charge in [-0.3, -0.25) is 9.59 Å². The number of halogens is 1. The van der Waals surface area contributed by atoms with E-state index in [1.165, 1.54) is 4.90 Å². The Bertz CT molecular complexity index is 697. The van der Waals surface area contributed by atoms with Crippen molar-refractivity contribution in [3.63, 3.8) is 0 Å². The molecule has 3 amide bonds. The van der Waals surface area contributed by atoms with Crippen molar-refractivity contribution in [2.45, 2.75) is 50.2 Å². The van der Waals surface area contributed by atoms with Gasteiger partial charge in [0.2, 0.25) is 5.91 Å². The van der Waals surface area contributed by atoms with Gasteiger partial charge in [0.1, 0.15) is 0 Å². The van der Waals surface area contributed by atoms with E-state index in [4.69, 9.17) is 11.6 Å². The van der Waals surface area contributed by atoms with Crippen molar-refractivity contribution >= 4 is 29.5 Å². The van der Waals surface area contributed by atoms with Crippen molar-refractivity contribution in [2.75, 3.05) is 6.54 Å².